The van der Waals surface area contributed by atoms with Gasteiger partial charge in [-0.2, -0.15) is 5.01 Å². The number of rotatable bonds is 5. The molecule has 0 saturated carbocycles. The van der Waals surface area contributed by atoms with Crippen molar-refractivity contribution in [3.8, 4) is 5.75 Å². The van der Waals surface area contributed by atoms with E-state index in [1.165, 1.54) is 13.2 Å². The summed E-state index contributed by atoms with van der Waals surface area (Å²) in [5.41, 5.74) is 3.25. The molecule has 0 aliphatic rings. The zero-order chi connectivity index (χ0) is 20.7. The van der Waals surface area contributed by atoms with Crippen LogP contribution in [-0.2, 0) is 4.74 Å². The second-order valence-corrected chi connectivity index (χ2v) is 7.01. The molecule has 0 unspecified atom stereocenters. The Balaban J connectivity index is 2.21. The van der Waals surface area contributed by atoms with E-state index >= 15 is 0 Å². The van der Waals surface area contributed by atoms with Crippen LogP contribution in [0.25, 0.3) is 0 Å². The Morgan fingerprint density at radius 3 is 2.32 bits per heavy atom. The number of ether oxygens (including phenoxy) is 2. The van der Waals surface area contributed by atoms with E-state index < -0.39 is 12.1 Å². The Bertz CT molecular complexity index is 828. The Morgan fingerprint density at radius 1 is 1.07 bits per heavy atom. The highest BCUT2D eigenvalue weighted by molar-refractivity contribution is 6.42. The van der Waals surface area contributed by atoms with Crippen molar-refractivity contribution in [2.75, 3.05) is 24.0 Å². The van der Waals surface area contributed by atoms with Gasteiger partial charge in [0.25, 0.3) is 0 Å². The molecule has 0 radical (unpaired) electrons. The lowest BCUT2D eigenvalue weighted by atomic mass is 10.2. The highest BCUT2D eigenvalue weighted by Crippen LogP contribution is 2.25. The van der Waals surface area contributed by atoms with Crippen LogP contribution in [0.2, 0.25) is 10.0 Å². The average molecular weight is 426 g/mol. The van der Waals surface area contributed by atoms with Crippen LogP contribution in [0.1, 0.15) is 13.8 Å². The molecule has 2 aromatic carbocycles. The van der Waals surface area contributed by atoms with Crippen LogP contribution in [0, 0.1) is 5.92 Å². The second kappa shape index (κ2) is 10.1. The van der Waals surface area contributed by atoms with Gasteiger partial charge in [-0.1, -0.05) is 37.0 Å². The first-order valence-corrected chi connectivity index (χ1v) is 9.19. The summed E-state index contributed by atoms with van der Waals surface area (Å²) in [7, 11) is 1.53. The molecule has 2 aromatic rings. The first kappa shape index (κ1) is 21.7. The smallest absolute Gasteiger partial charge is 0.426 e. The van der Waals surface area contributed by atoms with E-state index in [1.54, 1.807) is 36.4 Å². The molecule has 0 bridgehead atoms. The van der Waals surface area contributed by atoms with Crippen molar-refractivity contribution >= 4 is 46.7 Å². The van der Waals surface area contributed by atoms with E-state index in [0.717, 1.165) is 5.01 Å². The number of amides is 3. The molecular weight excluding hydrogens is 405 g/mol. The summed E-state index contributed by atoms with van der Waals surface area (Å²) >= 11 is 11.9. The Morgan fingerprint density at radius 2 is 1.75 bits per heavy atom. The lowest BCUT2D eigenvalue weighted by molar-refractivity contribution is 0.132. The van der Waals surface area contributed by atoms with E-state index in [-0.39, 0.29) is 12.5 Å². The summed E-state index contributed by atoms with van der Waals surface area (Å²) in [5, 5.41) is 4.34. The number of halogens is 2. The minimum Gasteiger partial charge on any atom is -0.497 e. The molecule has 2 N–H and O–H groups in total. The Labute approximate surface area is 173 Å². The van der Waals surface area contributed by atoms with Gasteiger partial charge >= 0.3 is 12.1 Å². The Hall–Kier alpha value is -2.64. The third-order valence-electron chi connectivity index (χ3n) is 3.46. The highest BCUT2D eigenvalue weighted by atomic mass is 35.5. The standard InChI is InChI=1S/C19H21Cl2N3O4/c1-12(2)11-28-19(26)23-24(14-5-7-15(27-3)8-6-14)18(25)22-13-4-9-16(20)17(21)10-13/h4-10,12H,11H2,1-3H3,(H,22,25)(H,23,26). The van der Waals surface area contributed by atoms with E-state index in [4.69, 9.17) is 32.7 Å². The molecule has 150 valence electrons. The predicted octanol–water partition coefficient (Wildman–Crippen LogP) is 5.34. The molecule has 2 rings (SSSR count). The molecule has 0 atom stereocenters. The zero-order valence-electron chi connectivity index (χ0n) is 15.7. The summed E-state index contributed by atoms with van der Waals surface area (Å²) in [4.78, 5) is 24.9. The molecule has 7 nitrogen and oxygen atoms in total. The topological polar surface area (TPSA) is 79.9 Å². The molecule has 0 saturated heterocycles. The molecule has 0 aliphatic heterocycles. The fourth-order valence-corrected chi connectivity index (χ4v) is 2.38. The second-order valence-electron chi connectivity index (χ2n) is 6.20. The minimum atomic E-state index is -0.756. The summed E-state index contributed by atoms with van der Waals surface area (Å²) in [6.45, 7) is 4.04. The molecule has 0 aliphatic carbocycles. The largest absolute Gasteiger partial charge is 0.497 e. The number of anilines is 2. The number of benzene rings is 2. The third-order valence-corrected chi connectivity index (χ3v) is 4.19. The van der Waals surface area contributed by atoms with Crippen LogP contribution >= 0.6 is 23.2 Å². The summed E-state index contributed by atoms with van der Waals surface area (Å²) in [5.74, 6) is 0.765. The molecule has 0 fully saturated rings. The number of urea groups is 1. The molecule has 28 heavy (non-hydrogen) atoms. The summed E-state index contributed by atoms with van der Waals surface area (Å²) < 4.78 is 10.2. The number of carbonyl (C=O) groups excluding carboxylic acids is 2. The minimum absolute atomic E-state index is 0.158. The van der Waals surface area contributed by atoms with Gasteiger partial charge < -0.3 is 14.8 Å². The molecule has 0 aromatic heterocycles. The number of hydrogen-bond acceptors (Lipinski definition) is 4. The molecule has 9 heteroatoms. The van der Waals surface area contributed by atoms with Crippen molar-refractivity contribution in [2.45, 2.75) is 13.8 Å². The van der Waals surface area contributed by atoms with Crippen molar-refractivity contribution in [1.82, 2.24) is 5.43 Å². The van der Waals surface area contributed by atoms with E-state index in [9.17, 15) is 9.59 Å². The number of hydrogen-bond donors (Lipinski definition) is 2. The van der Waals surface area contributed by atoms with Crippen molar-refractivity contribution in [3.05, 3.63) is 52.5 Å². The number of nitrogens with one attached hydrogen (secondary N) is 2. The van der Waals surface area contributed by atoms with Crippen LogP contribution < -0.4 is 20.5 Å². The van der Waals surface area contributed by atoms with Crippen molar-refractivity contribution in [3.63, 3.8) is 0 Å². The number of hydrazine groups is 1. The van der Waals surface area contributed by atoms with Crippen LogP contribution in [0.15, 0.2) is 42.5 Å². The normalized spacial score (nSPS) is 10.4. The third kappa shape index (κ3) is 6.21. The van der Waals surface area contributed by atoms with Gasteiger partial charge in [0.1, 0.15) is 5.75 Å². The first-order valence-electron chi connectivity index (χ1n) is 8.43. The van der Waals surface area contributed by atoms with Gasteiger partial charge in [0.15, 0.2) is 0 Å². The van der Waals surface area contributed by atoms with Crippen LogP contribution in [-0.4, -0.2) is 25.8 Å². The zero-order valence-corrected chi connectivity index (χ0v) is 17.2. The SMILES string of the molecule is COc1ccc(N(NC(=O)OCC(C)C)C(=O)Nc2ccc(Cl)c(Cl)c2)cc1. The maximum Gasteiger partial charge on any atom is 0.426 e. The monoisotopic (exact) mass is 425 g/mol. The van der Waals surface area contributed by atoms with Crippen molar-refractivity contribution < 1.29 is 19.1 Å². The lowest BCUT2D eigenvalue weighted by Crippen LogP contribution is -2.49. The summed E-state index contributed by atoms with van der Waals surface area (Å²) in [6, 6.07) is 10.6. The number of carbonyl (C=O) groups is 2. The van der Waals surface area contributed by atoms with E-state index in [0.29, 0.717) is 27.2 Å². The lowest BCUT2D eigenvalue weighted by Gasteiger charge is -2.24. The van der Waals surface area contributed by atoms with Crippen LogP contribution in [0.3, 0.4) is 0 Å². The van der Waals surface area contributed by atoms with Crippen molar-refractivity contribution in [2.24, 2.45) is 5.92 Å². The van der Waals surface area contributed by atoms with Gasteiger partial charge in [-0.3, -0.25) is 0 Å². The fourth-order valence-electron chi connectivity index (χ4n) is 2.08. The Kier molecular flexibility index (Phi) is 7.78. The van der Waals surface area contributed by atoms with E-state index in [1.807, 2.05) is 13.8 Å². The number of methoxy groups -OCH3 is 1. The maximum atomic E-state index is 12.8. The summed E-state index contributed by atoms with van der Waals surface area (Å²) in [6.07, 6.45) is -0.756. The average Bonchev–Trinajstić information content (AvgIpc) is 2.67. The fraction of sp³-hybridized carbons (Fsp3) is 0.263. The highest BCUT2D eigenvalue weighted by Gasteiger charge is 2.20. The molecular formula is C19H21Cl2N3O4. The van der Waals surface area contributed by atoms with Gasteiger partial charge in [0.2, 0.25) is 0 Å². The molecule has 3 amide bonds. The van der Waals surface area contributed by atoms with Gasteiger partial charge in [-0.25, -0.2) is 15.0 Å². The van der Waals surface area contributed by atoms with Crippen LogP contribution in [0.4, 0.5) is 21.0 Å². The van der Waals surface area contributed by atoms with E-state index in [2.05, 4.69) is 10.7 Å². The quantitative estimate of drug-likeness (QED) is 0.633. The first-order chi connectivity index (χ1) is 13.3. The van der Waals surface area contributed by atoms with Gasteiger partial charge in [0, 0.05) is 5.69 Å². The molecule has 0 heterocycles. The maximum absolute atomic E-state index is 12.8. The van der Waals surface area contributed by atoms with Gasteiger partial charge in [-0.05, 0) is 48.4 Å². The van der Waals surface area contributed by atoms with Gasteiger partial charge in [-0.15, -0.1) is 0 Å². The number of nitrogens with zero attached hydrogens (tertiary/aromatic N) is 1. The predicted molar refractivity (Wildman–Crippen MR) is 110 cm³/mol. The van der Waals surface area contributed by atoms with Crippen molar-refractivity contribution in [1.29, 1.82) is 0 Å². The van der Waals surface area contributed by atoms with Gasteiger partial charge in [0.05, 0.1) is 29.4 Å². The molecule has 0 spiro atoms. The van der Waals surface area contributed by atoms with Crippen LogP contribution in [0.5, 0.6) is 5.75 Å².